The number of hydrogen-bond donors (Lipinski definition) is 1. The minimum Gasteiger partial charge on any atom is -0.497 e. The number of methoxy groups -OCH3 is 1. The first-order valence-electron chi connectivity index (χ1n) is 10.3. The Labute approximate surface area is 182 Å². The minimum atomic E-state index is -0.327. The smallest absolute Gasteiger partial charge is 0.226 e. The second-order valence-electron chi connectivity index (χ2n) is 7.73. The van der Waals surface area contributed by atoms with Crippen molar-refractivity contribution >= 4 is 5.91 Å². The van der Waals surface area contributed by atoms with Crippen LogP contribution in [0.5, 0.6) is 17.4 Å². The predicted molar refractivity (Wildman–Crippen MR) is 117 cm³/mol. The van der Waals surface area contributed by atoms with E-state index in [0.717, 1.165) is 17.0 Å². The summed E-state index contributed by atoms with van der Waals surface area (Å²) < 4.78 is 26.5. The van der Waals surface area contributed by atoms with Crippen LogP contribution in [0.1, 0.15) is 31.5 Å². The summed E-state index contributed by atoms with van der Waals surface area (Å²) in [7, 11) is 1.60. The van der Waals surface area contributed by atoms with Crippen molar-refractivity contribution in [2.45, 2.75) is 33.6 Å². The Morgan fingerprint density at radius 3 is 2.35 bits per heavy atom. The summed E-state index contributed by atoms with van der Waals surface area (Å²) in [5, 5.41) is 7.54. The maximum absolute atomic E-state index is 13.4. The maximum Gasteiger partial charge on any atom is 0.226 e. The van der Waals surface area contributed by atoms with Crippen LogP contribution in [0, 0.1) is 18.7 Å². The number of carbonyl (C=O) groups is 1. The van der Waals surface area contributed by atoms with E-state index in [4.69, 9.17) is 9.47 Å². The van der Waals surface area contributed by atoms with Crippen molar-refractivity contribution in [2.75, 3.05) is 13.7 Å². The normalized spacial score (nSPS) is 10.9. The van der Waals surface area contributed by atoms with Crippen LogP contribution in [0.25, 0.3) is 5.69 Å². The number of halogens is 1. The summed E-state index contributed by atoms with van der Waals surface area (Å²) in [4.78, 5) is 12.3. The van der Waals surface area contributed by atoms with E-state index >= 15 is 0 Å². The van der Waals surface area contributed by atoms with Gasteiger partial charge in [0.15, 0.2) is 0 Å². The Hall–Kier alpha value is -3.35. The predicted octanol–water partition coefficient (Wildman–Crippen LogP) is 4.83. The van der Waals surface area contributed by atoms with Gasteiger partial charge in [0.05, 0.1) is 18.5 Å². The molecule has 164 valence electrons. The Morgan fingerprint density at radius 1 is 1.10 bits per heavy atom. The molecule has 0 aliphatic carbocycles. The Balaban J connectivity index is 1.90. The van der Waals surface area contributed by atoms with Crippen LogP contribution in [-0.2, 0) is 11.2 Å². The molecule has 31 heavy (non-hydrogen) atoms. The highest BCUT2D eigenvalue weighted by Crippen LogP contribution is 2.32. The number of carbonyl (C=O) groups excluding carboxylic acids is 1. The Morgan fingerprint density at radius 2 is 1.74 bits per heavy atom. The lowest BCUT2D eigenvalue weighted by Crippen LogP contribution is -2.27. The zero-order chi connectivity index (χ0) is 22.4. The molecule has 1 N–H and O–H groups in total. The molecule has 1 amide bonds. The van der Waals surface area contributed by atoms with Gasteiger partial charge in [-0.3, -0.25) is 4.79 Å². The summed E-state index contributed by atoms with van der Waals surface area (Å²) in [6, 6.07) is 13.2. The fraction of sp³-hybridized carbons (Fsp3) is 0.333. The lowest BCUT2D eigenvalue weighted by Gasteiger charge is -2.12. The number of ether oxygens (including phenoxy) is 2. The van der Waals surface area contributed by atoms with Crippen molar-refractivity contribution in [3.63, 3.8) is 0 Å². The van der Waals surface area contributed by atoms with Gasteiger partial charge in [0.25, 0.3) is 0 Å². The molecule has 0 saturated carbocycles. The van der Waals surface area contributed by atoms with Gasteiger partial charge < -0.3 is 14.8 Å². The van der Waals surface area contributed by atoms with E-state index in [-0.39, 0.29) is 11.7 Å². The van der Waals surface area contributed by atoms with Crippen molar-refractivity contribution in [3.8, 4) is 23.1 Å². The van der Waals surface area contributed by atoms with E-state index in [2.05, 4.69) is 24.3 Å². The molecule has 0 aliphatic rings. The average molecular weight is 426 g/mol. The largest absolute Gasteiger partial charge is 0.497 e. The van der Waals surface area contributed by atoms with E-state index in [1.807, 2.05) is 6.92 Å². The van der Waals surface area contributed by atoms with Gasteiger partial charge in [0.1, 0.15) is 17.3 Å². The zero-order valence-electron chi connectivity index (χ0n) is 18.3. The second-order valence-corrected chi connectivity index (χ2v) is 7.73. The monoisotopic (exact) mass is 425 g/mol. The number of benzene rings is 2. The fourth-order valence-electron chi connectivity index (χ4n) is 3.09. The van der Waals surface area contributed by atoms with Crippen molar-refractivity contribution in [1.29, 1.82) is 0 Å². The topological polar surface area (TPSA) is 65.4 Å². The van der Waals surface area contributed by atoms with Gasteiger partial charge in [-0.05, 0) is 67.8 Å². The molecule has 3 rings (SSSR count). The summed E-state index contributed by atoms with van der Waals surface area (Å²) in [6.45, 7) is 6.63. The Kier molecular flexibility index (Phi) is 7.28. The van der Waals surface area contributed by atoms with Crippen molar-refractivity contribution in [1.82, 2.24) is 15.1 Å². The van der Waals surface area contributed by atoms with Crippen LogP contribution in [0.15, 0.2) is 48.5 Å². The summed E-state index contributed by atoms with van der Waals surface area (Å²) in [6.07, 6.45) is 0.796. The Bertz CT molecular complexity index is 1010. The van der Waals surface area contributed by atoms with Crippen LogP contribution in [0.4, 0.5) is 4.39 Å². The first kappa shape index (κ1) is 22.3. The average Bonchev–Trinajstić information content (AvgIpc) is 3.06. The van der Waals surface area contributed by atoms with E-state index in [1.54, 1.807) is 48.2 Å². The zero-order valence-corrected chi connectivity index (χ0v) is 18.3. The lowest BCUT2D eigenvalue weighted by molar-refractivity contribution is -0.121. The lowest BCUT2D eigenvalue weighted by atomic mass is 10.1. The van der Waals surface area contributed by atoms with E-state index in [1.165, 1.54) is 12.1 Å². The fourth-order valence-corrected chi connectivity index (χ4v) is 3.09. The van der Waals surface area contributed by atoms with Gasteiger partial charge in [0.2, 0.25) is 11.8 Å². The van der Waals surface area contributed by atoms with E-state index < -0.39 is 0 Å². The molecule has 0 fully saturated rings. The summed E-state index contributed by atoms with van der Waals surface area (Å²) in [5.74, 6) is 1.88. The van der Waals surface area contributed by atoms with Gasteiger partial charge in [-0.1, -0.05) is 13.8 Å². The summed E-state index contributed by atoms with van der Waals surface area (Å²) in [5.41, 5.74) is 2.26. The molecule has 0 saturated heterocycles. The highest BCUT2D eigenvalue weighted by Gasteiger charge is 2.20. The van der Waals surface area contributed by atoms with Crippen LogP contribution in [0.3, 0.4) is 0 Å². The molecule has 0 unspecified atom stereocenters. The number of rotatable bonds is 9. The highest BCUT2D eigenvalue weighted by atomic mass is 19.1. The highest BCUT2D eigenvalue weighted by molar-refractivity contribution is 5.76. The quantitative estimate of drug-likeness (QED) is 0.534. The third-order valence-electron chi connectivity index (χ3n) is 4.79. The van der Waals surface area contributed by atoms with E-state index in [0.29, 0.717) is 42.6 Å². The molecule has 1 aromatic heterocycles. The molecule has 0 spiro atoms. The number of aryl methyl sites for hydroxylation is 1. The number of aromatic nitrogens is 2. The molecular weight excluding hydrogens is 397 g/mol. The molecule has 1 heterocycles. The molecule has 6 nitrogen and oxygen atoms in total. The van der Waals surface area contributed by atoms with Crippen LogP contribution >= 0.6 is 0 Å². The number of amides is 1. The third-order valence-corrected chi connectivity index (χ3v) is 4.79. The number of nitrogens with zero attached hydrogens (tertiary/aromatic N) is 2. The molecule has 0 atom stereocenters. The van der Waals surface area contributed by atoms with Crippen molar-refractivity contribution < 1.29 is 18.7 Å². The standard InChI is InChI=1S/C24H28FN3O3/c1-16(2)15-26-23(29)14-13-22-17(3)27-28(19-7-5-18(25)6-8-19)24(22)31-21-11-9-20(30-4)10-12-21/h5-12,16H,13-15H2,1-4H3,(H,26,29). The van der Waals surface area contributed by atoms with Gasteiger partial charge in [-0.25, -0.2) is 9.07 Å². The van der Waals surface area contributed by atoms with Crippen molar-refractivity contribution in [2.24, 2.45) is 5.92 Å². The molecular formula is C24H28FN3O3. The van der Waals surface area contributed by atoms with E-state index in [9.17, 15) is 9.18 Å². The molecule has 0 bridgehead atoms. The first-order chi connectivity index (χ1) is 14.9. The molecule has 7 heteroatoms. The third kappa shape index (κ3) is 5.84. The molecule has 2 aromatic carbocycles. The molecule has 3 aromatic rings. The van der Waals surface area contributed by atoms with Crippen molar-refractivity contribution in [3.05, 3.63) is 65.6 Å². The number of nitrogens with one attached hydrogen (secondary N) is 1. The van der Waals surface area contributed by atoms with Crippen LogP contribution in [-0.4, -0.2) is 29.3 Å². The van der Waals surface area contributed by atoms with Gasteiger partial charge in [-0.2, -0.15) is 5.10 Å². The first-order valence-corrected chi connectivity index (χ1v) is 10.3. The van der Waals surface area contributed by atoms with Gasteiger partial charge >= 0.3 is 0 Å². The molecule has 0 radical (unpaired) electrons. The second kappa shape index (κ2) is 10.1. The number of hydrogen-bond acceptors (Lipinski definition) is 4. The van der Waals surface area contributed by atoms with Crippen LogP contribution in [0.2, 0.25) is 0 Å². The molecule has 0 aliphatic heterocycles. The minimum absolute atomic E-state index is 0.0157. The van der Waals surface area contributed by atoms with Gasteiger partial charge in [-0.15, -0.1) is 0 Å². The SMILES string of the molecule is COc1ccc(Oc2c(CCC(=O)NCC(C)C)c(C)nn2-c2ccc(F)cc2)cc1. The summed E-state index contributed by atoms with van der Waals surface area (Å²) >= 11 is 0. The van der Waals surface area contributed by atoms with Gasteiger partial charge in [0, 0.05) is 18.5 Å². The maximum atomic E-state index is 13.4. The van der Waals surface area contributed by atoms with Crippen LogP contribution < -0.4 is 14.8 Å².